The van der Waals surface area contributed by atoms with Crippen LogP contribution in [0.15, 0.2) is 0 Å². The highest BCUT2D eigenvalue weighted by molar-refractivity contribution is 4.85. The van der Waals surface area contributed by atoms with Gasteiger partial charge in [-0.25, -0.2) is 0 Å². The predicted octanol–water partition coefficient (Wildman–Crippen LogP) is 2.21. The minimum Gasteiger partial charge on any atom is -0.303 e. The lowest BCUT2D eigenvalue weighted by molar-refractivity contribution is 0.0510. The van der Waals surface area contributed by atoms with E-state index in [9.17, 15) is 0 Å². The predicted molar refractivity (Wildman–Crippen MR) is 103 cm³/mol. The summed E-state index contributed by atoms with van der Waals surface area (Å²) in [6, 6.07) is 1.60. The van der Waals surface area contributed by atoms with Crippen LogP contribution >= 0.6 is 0 Å². The molecule has 0 saturated carbocycles. The van der Waals surface area contributed by atoms with Crippen LogP contribution in [0.1, 0.15) is 46.5 Å². The van der Waals surface area contributed by atoms with Crippen LogP contribution in [0.3, 0.4) is 0 Å². The van der Waals surface area contributed by atoms with Crippen LogP contribution in [-0.4, -0.2) is 97.1 Å². The zero-order valence-electron chi connectivity index (χ0n) is 16.4. The summed E-state index contributed by atoms with van der Waals surface area (Å²) in [6.07, 6.45) is 5.63. The van der Waals surface area contributed by atoms with E-state index in [0.29, 0.717) is 0 Å². The van der Waals surface area contributed by atoms with Crippen molar-refractivity contribution in [2.75, 3.05) is 65.4 Å². The van der Waals surface area contributed by atoms with Gasteiger partial charge in [0.15, 0.2) is 0 Å². The topological polar surface area (TPSA) is 13.0 Å². The third-order valence-corrected chi connectivity index (χ3v) is 6.82. The molecule has 0 aromatic rings. The van der Waals surface area contributed by atoms with Gasteiger partial charge in [-0.3, -0.25) is 4.90 Å². The van der Waals surface area contributed by atoms with Gasteiger partial charge in [0, 0.05) is 44.8 Å². The van der Waals surface area contributed by atoms with Gasteiger partial charge in [-0.15, -0.1) is 0 Å². The quantitative estimate of drug-likeness (QED) is 0.763. The van der Waals surface area contributed by atoms with Crippen molar-refractivity contribution in [1.29, 1.82) is 0 Å². The molecule has 0 radical (unpaired) electrons. The van der Waals surface area contributed by atoms with E-state index in [4.69, 9.17) is 0 Å². The Hall–Kier alpha value is -0.160. The van der Waals surface area contributed by atoms with Gasteiger partial charge in [0.1, 0.15) is 0 Å². The molecule has 0 unspecified atom stereocenters. The Morgan fingerprint density at radius 3 is 1.92 bits per heavy atom. The Balaban J connectivity index is 1.34. The average molecular weight is 337 g/mol. The van der Waals surface area contributed by atoms with Crippen LogP contribution in [0, 0.1) is 5.92 Å². The summed E-state index contributed by atoms with van der Waals surface area (Å²) in [4.78, 5) is 10.8. The molecule has 140 valence electrons. The molecule has 3 aliphatic heterocycles. The first kappa shape index (κ1) is 18.6. The molecule has 0 atom stereocenters. The molecule has 0 bridgehead atoms. The van der Waals surface area contributed by atoms with Crippen LogP contribution in [0.2, 0.25) is 0 Å². The van der Waals surface area contributed by atoms with Crippen molar-refractivity contribution in [2.24, 2.45) is 5.92 Å². The molecular weight excluding hydrogens is 296 g/mol. The number of likely N-dealkylation sites (tertiary alicyclic amines) is 2. The molecule has 0 N–H and O–H groups in total. The van der Waals surface area contributed by atoms with Gasteiger partial charge in [0.05, 0.1) is 0 Å². The first-order valence-electron chi connectivity index (χ1n) is 10.6. The van der Waals surface area contributed by atoms with Gasteiger partial charge >= 0.3 is 0 Å². The molecule has 0 aromatic heterocycles. The zero-order chi connectivity index (χ0) is 16.9. The number of hydrogen-bond donors (Lipinski definition) is 0. The smallest absolute Gasteiger partial charge is 0.0121 e. The highest BCUT2D eigenvalue weighted by atomic mass is 15.3. The van der Waals surface area contributed by atoms with E-state index in [-0.39, 0.29) is 0 Å². The Bertz CT molecular complexity index is 349. The lowest BCUT2D eigenvalue weighted by Gasteiger charge is -2.43. The fourth-order valence-electron chi connectivity index (χ4n) is 4.93. The number of hydrogen-bond acceptors (Lipinski definition) is 4. The van der Waals surface area contributed by atoms with E-state index in [1.165, 1.54) is 91.1 Å². The number of likely N-dealkylation sites (N-methyl/N-ethyl adjacent to an activating group) is 1. The average Bonchev–Trinajstić information content (AvgIpc) is 2.63. The van der Waals surface area contributed by atoms with E-state index in [0.717, 1.165) is 18.0 Å². The van der Waals surface area contributed by atoms with Gasteiger partial charge in [-0.2, -0.15) is 0 Å². The van der Waals surface area contributed by atoms with E-state index in [2.05, 4.69) is 40.4 Å². The molecule has 0 amide bonds. The maximum Gasteiger partial charge on any atom is 0.0121 e. The third kappa shape index (κ3) is 4.94. The fraction of sp³-hybridized carbons (Fsp3) is 1.00. The maximum atomic E-state index is 2.78. The highest BCUT2D eigenvalue weighted by Gasteiger charge is 2.29. The number of nitrogens with zero attached hydrogens (tertiary/aromatic N) is 4. The molecule has 4 heteroatoms. The highest BCUT2D eigenvalue weighted by Crippen LogP contribution is 2.23. The van der Waals surface area contributed by atoms with Crippen LogP contribution in [0.5, 0.6) is 0 Å². The van der Waals surface area contributed by atoms with Crippen LogP contribution in [0.25, 0.3) is 0 Å². The Morgan fingerprint density at radius 2 is 1.38 bits per heavy atom. The van der Waals surface area contributed by atoms with Gasteiger partial charge in [-0.05, 0) is 78.2 Å². The van der Waals surface area contributed by atoms with Crippen molar-refractivity contribution in [3.05, 3.63) is 0 Å². The summed E-state index contributed by atoms with van der Waals surface area (Å²) in [5.41, 5.74) is 0. The molecule has 3 fully saturated rings. The lowest BCUT2D eigenvalue weighted by Crippen LogP contribution is -2.53. The molecule has 3 saturated heterocycles. The monoisotopic (exact) mass is 336 g/mol. The summed E-state index contributed by atoms with van der Waals surface area (Å²) < 4.78 is 0. The molecule has 0 aromatic carbocycles. The fourth-order valence-corrected chi connectivity index (χ4v) is 4.93. The van der Waals surface area contributed by atoms with Gasteiger partial charge < -0.3 is 14.7 Å². The second-order valence-corrected chi connectivity index (χ2v) is 8.58. The molecule has 4 nitrogen and oxygen atoms in total. The van der Waals surface area contributed by atoms with Crippen molar-refractivity contribution in [2.45, 2.75) is 58.5 Å². The minimum absolute atomic E-state index is 0.731. The minimum atomic E-state index is 0.731. The molecular formula is C20H40N4. The summed E-state index contributed by atoms with van der Waals surface area (Å²) in [5, 5.41) is 0. The maximum absolute atomic E-state index is 2.78. The number of rotatable bonds is 5. The standard InChI is InChI=1S/C20H40N4/c1-4-21-13-15-24(16-14-21)20-7-9-22(10-8-20)17-19-5-11-23(12-6-19)18(2)3/h18-20H,4-17H2,1-3H3. The van der Waals surface area contributed by atoms with E-state index >= 15 is 0 Å². The molecule has 3 rings (SSSR count). The van der Waals surface area contributed by atoms with Gasteiger partial charge in [0.25, 0.3) is 0 Å². The Kier molecular flexibility index (Phi) is 6.97. The Labute approximate surface area is 150 Å². The first-order chi connectivity index (χ1) is 11.7. The first-order valence-corrected chi connectivity index (χ1v) is 10.6. The summed E-state index contributed by atoms with van der Waals surface area (Å²) >= 11 is 0. The molecule has 3 heterocycles. The summed E-state index contributed by atoms with van der Waals surface area (Å²) in [6.45, 7) is 20.0. The summed E-state index contributed by atoms with van der Waals surface area (Å²) in [5.74, 6) is 0.949. The van der Waals surface area contributed by atoms with Crippen molar-refractivity contribution < 1.29 is 0 Å². The van der Waals surface area contributed by atoms with Gasteiger partial charge in [-0.1, -0.05) is 6.92 Å². The SMILES string of the molecule is CCN1CCN(C2CCN(CC3CCN(C(C)C)CC3)CC2)CC1. The van der Waals surface area contributed by atoms with Crippen molar-refractivity contribution in [3.63, 3.8) is 0 Å². The molecule has 0 spiro atoms. The second kappa shape index (κ2) is 8.98. The van der Waals surface area contributed by atoms with Crippen molar-refractivity contribution in [1.82, 2.24) is 19.6 Å². The summed E-state index contributed by atoms with van der Waals surface area (Å²) in [7, 11) is 0. The number of piperidine rings is 2. The van der Waals surface area contributed by atoms with Crippen molar-refractivity contribution >= 4 is 0 Å². The van der Waals surface area contributed by atoms with E-state index < -0.39 is 0 Å². The van der Waals surface area contributed by atoms with Crippen LogP contribution in [0.4, 0.5) is 0 Å². The van der Waals surface area contributed by atoms with E-state index in [1.807, 2.05) is 0 Å². The number of piperazine rings is 1. The third-order valence-electron chi connectivity index (χ3n) is 6.82. The van der Waals surface area contributed by atoms with Crippen LogP contribution in [-0.2, 0) is 0 Å². The molecule has 0 aliphatic carbocycles. The van der Waals surface area contributed by atoms with Crippen LogP contribution < -0.4 is 0 Å². The second-order valence-electron chi connectivity index (χ2n) is 8.58. The zero-order valence-corrected chi connectivity index (χ0v) is 16.4. The van der Waals surface area contributed by atoms with Crippen molar-refractivity contribution in [3.8, 4) is 0 Å². The molecule has 3 aliphatic rings. The van der Waals surface area contributed by atoms with E-state index in [1.54, 1.807) is 0 Å². The lowest BCUT2D eigenvalue weighted by atomic mass is 9.94. The molecule has 24 heavy (non-hydrogen) atoms. The normalized spacial score (nSPS) is 28.0. The Morgan fingerprint density at radius 1 is 0.750 bits per heavy atom. The largest absolute Gasteiger partial charge is 0.303 e. The van der Waals surface area contributed by atoms with Gasteiger partial charge in [0.2, 0.25) is 0 Å².